The summed E-state index contributed by atoms with van der Waals surface area (Å²) in [6, 6.07) is 4.76. The number of nitriles is 1. The van der Waals surface area contributed by atoms with E-state index in [1.165, 1.54) is 6.07 Å². The van der Waals surface area contributed by atoms with Crippen LogP contribution in [0.15, 0.2) is 42.7 Å². The van der Waals surface area contributed by atoms with Gasteiger partial charge in [-0.2, -0.15) is 36.7 Å². The predicted octanol–water partition coefficient (Wildman–Crippen LogP) is 8.05. The summed E-state index contributed by atoms with van der Waals surface area (Å²) >= 11 is 12.2. The Hall–Kier alpha value is -5.50. The molecule has 1 saturated carbocycles. The molecule has 0 bridgehead atoms. The molecule has 308 valence electrons. The van der Waals surface area contributed by atoms with E-state index in [1.807, 2.05) is 6.07 Å². The third-order valence-electron chi connectivity index (χ3n) is 7.89. The number of hydrogen-bond donors (Lipinski definition) is 1. The summed E-state index contributed by atoms with van der Waals surface area (Å²) in [6.45, 7) is -1.88. The van der Waals surface area contributed by atoms with Crippen molar-refractivity contribution in [2.45, 2.75) is 55.6 Å². The molecule has 1 aromatic heterocycles. The minimum absolute atomic E-state index is 0.0111. The van der Waals surface area contributed by atoms with Crippen molar-refractivity contribution in [3.05, 3.63) is 63.9 Å². The first kappa shape index (κ1) is 44.2. The monoisotopic (exact) mass is 866 g/mol. The highest BCUT2D eigenvalue weighted by atomic mass is 35.5. The minimum atomic E-state index is -6.71. The molecule has 0 radical (unpaired) electrons. The molecule has 0 saturated heterocycles. The van der Waals surface area contributed by atoms with E-state index in [-0.39, 0.29) is 40.6 Å². The summed E-state index contributed by atoms with van der Waals surface area (Å²) < 4.78 is 154. The van der Waals surface area contributed by atoms with Gasteiger partial charge in [0.05, 0.1) is 40.7 Å². The van der Waals surface area contributed by atoms with Crippen molar-refractivity contribution in [2.24, 2.45) is 0 Å². The van der Waals surface area contributed by atoms with E-state index in [9.17, 15) is 68.3 Å². The van der Waals surface area contributed by atoms with Crippen LogP contribution < -0.4 is 4.74 Å². The Bertz CT molecular complexity index is 2070. The number of ether oxygens (including phenoxy) is 4. The Morgan fingerprint density at radius 2 is 1.51 bits per heavy atom. The van der Waals surface area contributed by atoms with Crippen LogP contribution in [0.4, 0.5) is 48.7 Å². The van der Waals surface area contributed by atoms with Gasteiger partial charge < -0.3 is 24.1 Å². The highest BCUT2D eigenvalue weighted by Crippen LogP contribution is 2.55. The molecule has 4 rings (SSSR count). The number of carbonyl (C=O) groups is 4. The van der Waals surface area contributed by atoms with Crippen molar-refractivity contribution in [3.63, 3.8) is 0 Å². The molecule has 0 spiro atoms. The highest BCUT2D eigenvalue weighted by molar-refractivity contribution is 6.34. The number of alkyl halides is 10. The second kappa shape index (κ2) is 16.5. The van der Waals surface area contributed by atoms with E-state index in [1.54, 1.807) is 0 Å². The third-order valence-corrected chi connectivity index (χ3v) is 8.51. The molecule has 3 aromatic rings. The van der Waals surface area contributed by atoms with E-state index in [0.29, 0.717) is 4.68 Å². The normalized spacial score (nSPS) is 13.9. The van der Waals surface area contributed by atoms with Crippen LogP contribution in [0, 0.1) is 11.3 Å². The van der Waals surface area contributed by atoms with Crippen LogP contribution in [0.1, 0.15) is 41.6 Å². The van der Waals surface area contributed by atoms with Gasteiger partial charge in [-0.1, -0.05) is 29.3 Å². The van der Waals surface area contributed by atoms with Crippen molar-refractivity contribution >= 4 is 47.2 Å². The van der Waals surface area contributed by atoms with Crippen molar-refractivity contribution in [1.29, 1.82) is 5.26 Å². The molecule has 0 aliphatic heterocycles. The lowest BCUT2D eigenvalue weighted by atomic mass is 9.93. The summed E-state index contributed by atoms with van der Waals surface area (Å²) in [6.07, 6.45) is -19.4. The zero-order valence-electron chi connectivity index (χ0n) is 28.0. The predicted molar refractivity (Wildman–Crippen MR) is 169 cm³/mol. The summed E-state index contributed by atoms with van der Waals surface area (Å²) in [7, 11) is 0. The molecular formula is C32H22Cl2F10N4O9. The van der Waals surface area contributed by atoms with Crippen molar-refractivity contribution < 1.29 is 87.1 Å². The number of nitrogens with zero attached hydrogens (tertiary/aromatic N) is 4. The number of carbonyl (C=O) groups excluding carboxylic acids is 3. The maximum absolute atomic E-state index is 14.8. The number of rotatable bonds is 14. The molecule has 1 N–H and O–H groups in total. The molecule has 25 heteroatoms. The Morgan fingerprint density at radius 1 is 0.877 bits per heavy atom. The second-order valence-corrected chi connectivity index (χ2v) is 12.6. The van der Waals surface area contributed by atoms with E-state index in [0.717, 1.165) is 29.4 Å². The minimum Gasteiger partial charge on any atom is -0.481 e. The van der Waals surface area contributed by atoms with E-state index in [4.69, 9.17) is 42.5 Å². The number of carboxylic acid groups (broad SMARTS) is 1. The van der Waals surface area contributed by atoms with Gasteiger partial charge >= 0.3 is 42.5 Å². The molecule has 0 atom stereocenters. The average Bonchev–Trinajstić information content (AvgIpc) is 3.74. The summed E-state index contributed by atoms with van der Waals surface area (Å²) in [5, 5.41) is 20.6. The molecule has 2 aromatic carbocycles. The van der Waals surface area contributed by atoms with Gasteiger partial charge in [-0.15, -0.1) is 13.2 Å². The number of hydrogen-bond acceptors (Lipinski definition) is 10. The molecule has 1 fully saturated rings. The zero-order chi connectivity index (χ0) is 42.7. The van der Waals surface area contributed by atoms with Gasteiger partial charge in [0.15, 0.2) is 12.5 Å². The van der Waals surface area contributed by atoms with Gasteiger partial charge in [-0.05, 0) is 42.7 Å². The topological polar surface area (TPSA) is 170 Å². The summed E-state index contributed by atoms with van der Waals surface area (Å²) in [5.41, 5.74) is -11.5. The van der Waals surface area contributed by atoms with Gasteiger partial charge in [0.1, 0.15) is 24.4 Å². The second-order valence-electron chi connectivity index (χ2n) is 11.7. The Labute approximate surface area is 322 Å². The number of aliphatic carboxylic acids is 1. The summed E-state index contributed by atoms with van der Waals surface area (Å²) in [4.78, 5) is 48.8. The first-order valence-corrected chi connectivity index (χ1v) is 16.3. The van der Waals surface area contributed by atoms with Crippen LogP contribution in [0.2, 0.25) is 10.0 Å². The van der Waals surface area contributed by atoms with Crippen molar-refractivity contribution in [3.8, 4) is 28.6 Å². The maximum atomic E-state index is 14.8. The fourth-order valence-electron chi connectivity index (χ4n) is 4.95. The Morgan fingerprint density at radius 3 is 2.07 bits per heavy atom. The molecule has 13 nitrogen and oxygen atoms in total. The largest absolute Gasteiger partial charge is 0.573 e. The molecule has 1 aliphatic carbocycles. The summed E-state index contributed by atoms with van der Waals surface area (Å²) in [5.74, 6) is -4.92. The van der Waals surface area contributed by atoms with E-state index in [2.05, 4.69) is 9.84 Å². The van der Waals surface area contributed by atoms with Crippen LogP contribution in [0.25, 0.3) is 16.8 Å². The molecule has 1 amide bonds. The van der Waals surface area contributed by atoms with Crippen LogP contribution in [0.3, 0.4) is 0 Å². The Balaban J connectivity index is 1.61. The number of halogens is 12. The smallest absolute Gasteiger partial charge is 0.481 e. The van der Waals surface area contributed by atoms with Gasteiger partial charge in [0.2, 0.25) is 0 Å². The van der Waals surface area contributed by atoms with Crippen molar-refractivity contribution in [2.75, 3.05) is 19.9 Å². The number of carboxylic acids is 1. The quantitative estimate of drug-likeness (QED) is 0.0720. The lowest BCUT2D eigenvalue weighted by Crippen LogP contribution is -2.50. The first-order valence-electron chi connectivity index (χ1n) is 15.5. The SMILES string of the molecule is N#CC1(N(COC(=O)OCCOC(=O)CCC(=O)O)C(=O)c2cc(-c3cnn(-c4c(Cl)cc(C(F)(C(F)(F)F)C(F)(F)F)cc4OC(F)(F)F)c3)ccc2Cl)CC1. The fraction of sp³-hybridized carbons (Fsp3) is 0.375. The van der Waals surface area contributed by atoms with Crippen molar-refractivity contribution in [1.82, 2.24) is 14.7 Å². The highest BCUT2D eigenvalue weighted by Gasteiger charge is 2.73. The lowest BCUT2D eigenvalue weighted by molar-refractivity contribution is -0.348. The van der Waals surface area contributed by atoms with E-state index >= 15 is 0 Å². The number of esters is 1. The van der Waals surface area contributed by atoms with Crippen LogP contribution in [-0.4, -0.2) is 88.0 Å². The van der Waals surface area contributed by atoms with Gasteiger partial charge in [-0.3, -0.25) is 19.3 Å². The maximum Gasteiger partial charge on any atom is 0.573 e. The lowest BCUT2D eigenvalue weighted by Gasteiger charge is -2.31. The molecule has 57 heavy (non-hydrogen) atoms. The Kier molecular flexibility index (Phi) is 12.8. The number of amides is 1. The van der Waals surface area contributed by atoms with Crippen LogP contribution >= 0.6 is 23.2 Å². The van der Waals surface area contributed by atoms with Gasteiger partial charge in [0, 0.05) is 17.3 Å². The molecule has 1 aliphatic rings. The van der Waals surface area contributed by atoms with Crippen LogP contribution in [-0.2, 0) is 29.5 Å². The number of benzene rings is 2. The fourth-order valence-corrected chi connectivity index (χ4v) is 5.45. The zero-order valence-corrected chi connectivity index (χ0v) is 29.5. The molecule has 1 heterocycles. The van der Waals surface area contributed by atoms with Crippen LogP contribution in [0.5, 0.6) is 5.75 Å². The third kappa shape index (κ3) is 10.1. The first-order chi connectivity index (χ1) is 26.3. The van der Waals surface area contributed by atoms with Gasteiger partial charge in [0.25, 0.3) is 5.91 Å². The number of aromatic nitrogens is 2. The standard InChI is InChI=1S/C32H22Cl2F10N4O9/c33-20-2-1-16(9-19(20)26(52)47(28(14-45)5-6-28)15-56-27(53)55-8-7-54-24(51)4-3-23(49)50)17-12-46-48(13-17)25-21(34)10-18(11-22(25)57-32(42,43)44)29(35,30(36,37)38)31(39,40)41/h1-2,9-13H,3-8,15H2,(H,49,50). The van der Waals surface area contributed by atoms with Gasteiger partial charge in [-0.25, -0.2) is 13.9 Å². The molecular weight excluding hydrogens is 845 g/mol. The average molecular weight is 867 g/mol. The molecule has 0 unspecified atom stereocenters. The van der Waals surface area contributed by atoms with E-state index < -0.39 is 115 Å².